The van der Waals surface area contributed by atoms with Crippen molar-refractivity contribution in [3.05, 3.63) is 36.5 Å². The summed E-state index contributed by atoms with van der Waals surface area (Å²) in [7, 11) is 1.23. The molecular formula is C40H77N2O6P. The maximum atomic E-state index is 12.7. The number of nitrogens with zero attached hydrogens (tertiary/aromatic N) is 1. The highest BCUT2D eigenvalue weighted by molar-refractivity contribution is 7.45. The molecule has 0 aromatic rings. The number of unbranched alkanes of at least 4 members (excludes halogenated alkanes) is 18. The van der Waals surface area contributed by atoms with Gasteiger partial charge in [0.15, 0.2) is 0 Å². The minimum atomic E-state index is -4.59. The fourth-order valence-electron chi connectivity index (χ4n) is 5.34. The Bertz CT molecular complexity index is 902. The molecule has 0 fully saturated rings. The van der Waals surface area contributed by atoms with Gasteiger partial charge in [-0.3, -0.25) is 9.36 Å². The minimum absolute atomic E-state index is 0.00837. The van der Waals surface area contributed by atoms with Crippen LogP contribution in [0.25, 0.3) is 0 Å². The second-order valence-electron chi connectivity index (χ2n) is 14.6. The molecule has 0 radical (unpaired) electrons. The highest BCUT2D eigenvalue weighted by Crippen LogP contribution is 2.38. The molecule has 0 rings (SSSR count). The quantitative estimate of drug-likeness (QED) is 0.0293. The molecule has 0 heterocycles. The first kappa shape index (κ1) is 47.7. The highest BCUT2D eigenvalue weighted by atomic mass is 31.2. The number of aliphatic hydroxyl groups is 1. The maximum Gasteiger partial charge on any atom is 0.268 e. The zero-order valence-electron chi connectivity index (χ0n) is 32.4. The number of quaternary nitrogens is 1. The molecule has 9 heteroatoms. The Balaban J connectivity index is 4.55. The van der Waals surface area contributed by atoms with Crippen LogP contribution in [0.4, 0.5) is 0 Å². The number of rotatable bonds is 35. The van der Waals surface area contributed by atoms with Crippen LogP contribution in [0.5, 0.6) is 0 Å². The summed E-state index contributed by atoms with van der Waals surface area (Å²) in [6.45, 7) is 4.53. The molecule has 0 spiro atoms. The molecule has 0 bridgehead atoms. The van der Waals surface area contributed by atoms with Gasteiger partial charge in [0.25, 0.3) is 7.82 Å². The van der Waals surface area contributed by atoms with Crippen LogP contribution in [0.1, 0.15) is 162 Å². The molecule has 3 atom stereocenters. The van der Waals surface area contributed by atoms with Crippen LogP contribution < -0.4 is 10.2 Å². The molecule has 0 aliphatic rings. The second-order valence-corrected chi connectivity index (χ2v) is 16.0. The van der Waals surface area contributed by atoms with Crippen molar-refractivity contribution in [3.8, 4) is 0 Å². The molecule has 0 aliphatic heterocycles. The number of amides is 1. The van der Waals surface area contributed by atoms with E-state index in [1.165, 1.54) is 77.0 Å². The van der Waals surface area contributed by atoms with Gasteiger partial charge in [0, 0.05) is 6.42 Å². The van der Waals surface area contributed by atoms with E-state index in [-0.39, 0.29) is 12.5 Å². The van der Waals surface area contributed by atoms with E-state index in [0.29, 0.717) is 17.4 Å². The lowest BCUT2D eigenvalue weighted by atomic mass is 10.1. The monoisotopic (exact) mass is 713 g/mol. The second kappa shape index (κ2) is 32.6. The van der Waals surface area contributed by atoms with E-state index >= 15 is 0 Å². The lowest BCUT2D eigenvalue weighted by Crippen LogP contribution is -2.45. The predicted octanol–water partition coefficient (Wildman–Crippen LogP) is 9.72. The third-order valence-electron chi connectivity index (χ3n) is 8.55. The standard InChI is InChI=1S/C40H77N2O6P/c1-6-8-10-12-14-16-18-19-20-21-22-23-24-25-27-29-31-33-39(43)38(37-48-49(45,46)47-36-35-42(3,4)5)41-40(44)34-32-30-28-26-17-15-13-11-9-7-2/h11,13,24-25,31,33,38-39,43H,6-10,12,14-23,26-30,32,34-37H2,1-5H3,(H-,41,44,45,46)/b13-11-,25-24+,33-31+. The van der Waals surface area contributed by atoms with Gasteiger partial charge in [0.2, 0.25) is 5.91 Å². The molecule has 0 saturated heterocycles. The molecule has 3 unspecified atom stereocenters. The Morgan fingerprint density at radius 1 is 0.694 bits per heavy atom. The van der Waals surface area contributed by atoms with Crippen molar-refractivity contribution in [1.29, 1.82) is 0 Å². The molecule has 1 amide bonds. The largest absolute Gasteiger partial charge is 0.756 e. The lowest BCUT2D eigenvalue weighted by Gasteiger charge is -2.29. The van der Waals surface area contributed by atoms with Crippen LogP contribution in [0.15, 0.2) is 36.5 Å². The Hall–Kier alpha value is -1.28. The molecule has 2 N–H and O–H groups in total. The minimum Gasteiger partial charge on any atom is -0.756 e. The van der Waals surface area contributed by atoms with Crippen molar-refractivity contribution in [1.82, 2.24) is 5.32 Å². The maximum absolute atomic E-state index is 12.7. The number of carbonyl (C=O) groups excluding carboxylic acids is 1. The highest BCUT2D eigenvalue weighted by Gasteiger charge is 2.23. The van der Waals surface area contributed by atoms with Crippen molar-refractivity contribution in [2.45, 2.75) is 174 Å². The van der Waals surface area contributed by atoms with Gasteiger partial charge in [-0.2, -0.15) is 0 Å². The van der Waals surface area contributed by atoms with Gasteiger partial charge >= 0.3 is 0 Å². The topological polar surface area (TPSA) is 108 Å². The van der Waals surface area contributed by atoms with Gasteiger partial charge < -0.3 is 28.8 Å². The summed E-state index contributed by atoms with van der Waals surface area (Å²) in [6.07, 6.45) is 37.7. The zero-order valence-corrected chi connectivity index (χ0v) is 33.3. The molecule has 8 nitrogen and oxygen atoms in total. The summed E-state index contributed by atoms with van der Waals surface area (Å²) in [4.78, 5) is 25.1. The summed E-state index contributed by atoms with van der Waals surface area (Å²) in [5.41, 5.74) is 0. The fourth-order valence-corrected chi connectivity index (χ4v) is 6.07. The molecule has 0 aromatic carbocycles. The Labute approximate surface area is 302 Å². The van der Waals surface area contributed by atoms with Crippen LogP contribution in [0.2, 0.25) is 0 Å². The predicted molar refractivity (Wildman–Crippen MR) is 205 cm³/mol. The van der Waals surface area contributed by atoms with Gasteiger partial charge in [-0.1, -0.05) is 140 Å². The smallest absolute Gasteiger partial charge is 0.268 e. The van der Waals surface area contributed by atoms with Crippen LogP contribution in [0, 0.1) is 0 Å². The number of phosphoric ester groups is 1. The van der Waals surface area contributed by atoms with Gasteiger partial charge in [-0.15, -0.1) is 0 Å². The van der Waals surface area contributed by atoms with Crippen molar-refractivity contribution in [2.75, 3.05) is 40.9 Å². The van der Waals surface area contributed by atoms with Gasteiger partial charge in [0.05, 0.1) is 39.9 Å². The van der Waals surface area contributed by atoms with Gasteiger partial charge in [-0.05, 0) is 51.4 Å². The first-order valence-electron chi connectivity index (χ1n) is 19.9. The third kappa shape index (κ3) is 34.9. The number of phosphoric acid groups is 1. The van der Waals surface area contributed by atoms with Crippen LogP contribution >= 0.6 is 7.82 Å². The van der Waals surface area contributed by atoms with E-state index in [1.807, 2.05) is 27.2 Å². The van der Waals surface area contributed by atoms with E-state index in [0.717, 1.165) is 64.2 Å². The number of likely N-dealkylation sites (N-methyl/N-ethyl adjacent to an activating group) is 1. The van der Waals surface area contributed by atoms with E-state index in [1.54, 1.807) is 6.08 Å². The van der Waals surface area contributed by atoms with Crippen LogP contribution in [-0.4, -0.2) is 68.5 Å². The number of nitrogens with one attached hydrogen (secondary N) is 1. The summed E-state index contributed by atoms with van der Waals surface area (Å²) in [6, 6.07) is -0.903. The van der Waals surface area contributed by atoms with Crippen molar-refractivity contribution in [2.24, 2.45) is 0 Å². The van der Waals surface area contributed by atoms with Crippen molar-refractivity contribution >= 4 is 13.7 Å². The Kier molecular flexibility index (Phi) is 31.8. The van der Waals surface area contributed by atoms with E-state index < -0.39 is 26.6 Å². The zero-order chi connectivity index (χ0) is 36.5. The first-order valence-corrected chi connectivity index (χ1v) is 21.3. The summed E-state index contributed by atoms with van der Waals surface area (Å²) >= 11 is 0. The molecule has 0 aliphatic carbocycles. The lowest BCUT2D eigenvalue weighted by molar-refractivity contribution is -0.870. The Morgan fingerprint density at radius 3 is 1.73 bits per heavy atom. The third-order valence-corrected chi connectivity index (χ3v) is 9.52. The average molecular weight is 713 g/mol. The number of hydrogen-bond acceptors (Lipinski definition) is 6. The van der Waals surface area contributed by atoms with E-state index in [4.69, 9.17) is 9.05 Å². The van der Waals surface area contributed by atoms with Crippen molar-refractivity contribution in [3.63, 3.8) is 0 Å². The van der Waals surface area contributed by atoms with Gasteiger partial charge in [-0.25, -0.2) is 0 Å². The molecule has 288 valence electrons. The SMILES string of the molecule is CCC/C=C\CCCCCCCC(=O)NC(COP(=O)([O-])OCC[N+](C)(C)C)C(O)/C=C/CC/C=C/CCCCCCCCCCCCC. The number of allylic oxidation sites excluding steroid dienone is 5. The molecule has 49 heavy (non-hydrogen) atoms. The van der Waals surface area contributed by atoms with Gasteiger partial charge in [0.1, 0.15) is 13.2 Å². The molecule has 0 aromatic heterocycles. The van der Waals surface area contributed by atoms with E-state index in [9.17, 15) is 19.4 Å². The number of aliphatic hydroxyl groups excluding tert-OH is 1. The van der Waals surface area contributed by atoms with E-state index in [2.05, 4.69) is 43.5 Å². The average Bonchev–Trinajstić information content (AvgIpc) is 3.04. The summed E-state index contributed by atoms with van der Waals surface area (Å²) in [5.74, 6) is -0.222. The molecular weight excluding hydrogens is 635 g/mol. The van der Waals surface area contributed by atoms with Crippen molar-refractivity contribution < 1.29 is 32.9 Å². The summed E-state index contributed by atoms with van der Waals surface area (Å²) < 4.78 is 23.1. The van der Waals surface area contributed by atoms with Crippen LogP contribution in [0.3, 0.4) is 0 Å². The summed E-state index contributed by atoms with van der Waals surface area (Å²) in [5, 5.41) is 13.7. The normalized spacial score (nSPS) is 15.0. The fraction of sp³-hybridized carbons (Fsp3) is 0.825. The van der Waals surface area contributed by atoms with Crippen LogP contribution in [-0.2, 0) is 18.4 Å². The number of carbonyl (C=O) groups is 1. The molecule has 0 saturated carbocycles. The Morgan fingerprint density at radius 2 is 1.18 bits per heavy atom. The first-order chi connectivity index (χ1) is 23.5. The number of hydrogen-bond donors (Lipinski definition) is 2.